The first kappa shape index (κ1) is 8.38. The molecule has 0 amide bonds. The molecule has 2 rings (SSSR count). The van der Waals surface area contributed by atoms with Gasteiger partial charge in [0.25, 0.3) is 5.92 Å². The second kappa shape index (κ2) is 2.64. The molecule has 2 aliphatic rings. The lowest BCUT2D eigenvalue weighted by atomic mass is 9.82. The number of nitrogens with one attached hydrogen (secondary N) is 1. The molecular formula is C8H14F2N2. The van der Waals surface area contributed by atoms with E-state index in [4.69, 9.17) is 0 Å². The van der Waals surface area contributed by atoms with E-state index in [0.29, 0.717) is 26.2 Å². The van der Waals surface area contributed by atoms with Crippen LogP contribution in [0.15, 0.2) is 0 Å². The first-order valence-electron chi connectivity index (χ1n) is 4.38. The van der Waals surface area contributed by atoms with Crippen molar-refractivity contribution in [3.05, 3.63) is 0 Å². The van der Waals surface area contributed by atoms with Crippen LogP contribution in [0.5, 0.6) is 0 Å². The molecule has 2 aliphatic heterocycles. The van der Waals surface area contributed by atoms with Crippen molar-refractivity contribution in [2.24, 2.45) is 11.8 Å². The van der Waals surface area contributed by atoms with Crippen LogP contribution in [-0.2, 0) is 0 Å². The van der Waals surface area contributed by atoms with Gasteiger partial charge in [0, 0.05) is 38.0 Å². The largest absolute Gasteiger partial charge is 0.316 e. The summed E-state index contributed by atoms with van der Waals surface area (Å²) in [7, 11) is 1.92. The molecule has 0 saturated carbocycles. The molecule has 2 bridgehead atoms. The summed E-state index contributed by atoms with van der Waals surface area (Å²) in [6, 6.07) is 0. The van der Waals surface area contributed by atoms with Crippen LogP contribution in [0.3, 0.4) is 0 Å². The molecule has 0 aromatic rings. The lowest BCUT2D eigenvalue weighted by Crippen LogP contribution is -2.61. The minimum atomic E-state index is -2.43. The summed E-state index contributed by atoms with van der Waals surface area (Å²) in [6.45, 7) is 1.98. The van der Waals surface area contributed by atoms with Crippen molar-refractivity contribution >= 4 is 0 Å². The van der Waals surface area contributed by atoms with Gasteiger partial charge in [0.2, 0.25) is 0 Å². The average Bonchev–Trinajstić information content (AvgIpc) is 1.92. The van der Waals surface area contributed by atoms with Crippen molar-refractivity contribution in [2.45, 2.75) is 5.92 Å². The maximum atomic E-state index is 13.4. The Balaban J connectivity index is 2.18. The molecule has 2 nitrogen and oxygen atoms in total. The van der Waals surface area contributed by atoms with Gasteiger partial charge in [-0.15, -0.1) is 0 Å². The highest BCUT2D eigenvalue weighted by Gasteiger charge is 2.52. The van der Waals surface area contributed by atoms with Gasteiger partial charge in [-0.3, -0.25) is 0 Å². The minimum absolute atomic E-state index is 0.466. The summed E-state index contributed by atoms with van der Waals surface area (Å²) >= 11 is 0. The average molecular weight is 176 g/mol. The first-order chi connectivity index (χ1) is 5.60. The van der Waals surface area contributed by atoms with Gasteiger partial charge in [0.1, 0.15) is 0 Å². The maximum Gasteiger partial charge on any atom is 0.258 e. The zero-order chi connectivity index (χ0) is 8.77. The summed E-state index contributed by atoms with van der Waals surface area (Å²) in [5, 5.41) is 3.06. The van der Waals surface area contributed by atoms with Crippen LogP contribution in [0.2, 0.25) is 0 Å². The Bertz CT molecular complexity index is 168. The van der Waals surface area contributed by atoms with Gasteiger partial charge in [-0.25, -0.2) is 8.78 Å². The number of hydrogen-bond acceptors (Lipinski definition) is 2. The fourth-order valence-electron chi connectivity index (χ4n) is 2.24. The van der Waals surface area contributed by atoms with Gasteiger partial charge in [-0.05, 0) is 7.05 Å². The maximum absolute atomic E-state index is 13.4. The zero-order valence-electron chi connectivity index (χ0n) is 7.19. The number of likely N-dealkylation sites (tertiary alicyclic amines) is 1. The third kappa shape index (κ3) is 1.13. The van der Waals surface area contributed by atoms with Gasteiger partial charge in [-0.2, -0.15) is 0 Å². The van der Waals surface area contributed by atoms with E-state index in [2.05, 4.69) is 5.32 Å². The molecule has 2 saturated heterocycles. The number of hydrogen-bond donors (Lipinski definition) is 1. The second-order valence-electron chi connectivity index (χ2n) is 3.95. The monoisotopic (exact) mass is 176 g/mol. The van der Waals surface area contributed by atoms with E-state index in [1.165, 1.54) is 0 Å². The summed E-state index contributed by atoms with van der Waals surface area (Å²) in [5.74, 6) is -3.39. The van der Waals surface area contributed by atoms with Crippen LogP contribution in [-0.4, -0.2) is 44.0 Å². The van der Waals surface area contributed by atoms with Gasteiger partial charge in [0.15, 0.2) is 0 Å². The van der Waals surface area contributed by atoms with Crippen molar-refractivity contribution in [3.63, 3.8) is 0 Å². The summed E-state index contributed by atoms with van der Waals surface area (Å²) in [5.41, 5.74) is 0. The van der Waals surface area contributed by atoms with Gasteiger partial charge in [0.05, 0.1) is 0 Å². The van der Waals surface area contributed by atoms with Crippen molar-refractivity contribution < 1.29 is 8.78 Å². The first-order valence-corrected chi connectivity index (χ1v) is 4.38. The standard InChI is InChI=1S/C8H14F2N2/c1-12-4-6-2-11-3-7(5-12)8(6,9)10/h6-7,11H,2-5H2,1H3. The topological polar surface area (TPSA) is 15.3 Å². The molecule has 0 aromatic carbocycles. The molecule has 0 radical (unpaired) electrons. The minimum Gasteiger partial charge on any atom is -0.316 e. The van der Waals surface area contributed by atoms with Crippen molar-refractivity contribution in [1.29, 1.82) is 0 Å². The molecule has 70 valence electrons. The fourth-order valence-corrected chi connectivity index (χ4v) is 2.24. The molecule has 2 fully saturated rings. The van der Waals surface area contributed by atoms with Gasteiger partial charge >= 0.3 is 0 Å². The number of halogens is 2. The SMILES string of the molecule is CN1CC2CNCC(C1)C2(F)F. The van der Waals surface area contributed by atoms with Crippen molar-refractivity contribution in [3.8, 4) is 0 Å². The molecule has 4 heteroatoms. The van der Waals surface area contributed by atoms with Crippen molar-refractivity contribution in [1.82, 2.24) is 10.2 Å². The highest BCUT2D eigenvalue weighted by atomic mass is 19.3. The molecule has 12 heavy (non-hydrogen) atoms. The molecule has 0 spiro atoms. The second-order valence-corrected chi connectivity index (χ2v) is 3.95. The number of alkyl halides is 2. The van der Waals surface area contributed by atoms with E-state index >= 15 is 0 Å². The van der Waals surface area contributed by atoms with Gasteiger partial charge < -0.3 is 10.2 Å². The molecule has 2 atom stereocenters. The summed E-state index contributed by atoms with van der Waals surface area (Å²) in [4.78, 5) is 2.01. The Morgan fingerprint density at radius 1 is 1.25 bits per heavy atom. The van der Waals surface area contributed by atoms with Crippen LogP contribution in [0, 0.1) is 11.8 Å². The number of rotatable bonds is 0. The lowest BCUT2D eigenvalue weighted by molar-refractivity contribution is -0.159. The predicted octanol–water partition coefficient (Wildman–Crippen LogP) is 0.403. The van der Waals surface area contributed by atoms with E-state index < -0.39 is 17.8 Å². The van der Waals surface area contributed by atoms with Crippen LogP contribution >= 0.6 is 0 Å². The normalized spacial score (nSPS) is 41.2. The number of piperidine rings is 2. The summed E-state index contributed by atoms with van der Waals surface area (Å²) < 4.78 is 26.8. The predicted molar refractivity (Wildman–Crippen MR) is 42.3 cm³/mol. The molecule has 1 N–H and O–H groups in total. The Morgan fingerprint density at radius 3 is 2.25 bits per heavy atom. The molecule has 2 heterocycles. The quantitative estimate of drug-likeness (QED) is 0.575. The molecule has 0 aliphatic carbocycles. The van der Waals surface area contributed by atoms with E-state index in [9.17, 15) is 8.78 Å². The third-order valence-corrected chi connectivity index (χ3v) is 2.93. The van der Waals surface area contributed by atoms with E-state index in [1.807, 2.05) is 11.9 Å². The number of fused-ring (bicyclic) bond motifs is 2. The Kier molecular flexibility index (Phi) is 1.84. The Labute approximate surface area is 70.9 Å². The highest BCUT2D eigenvalue weighted by molar-refractivity contribution is 4.97. The van der Waals surface area contributed by atoms with Crippen LogP contribution in [0.1, 0.15) is 0 Å². The fraction of sp³-hybridized carbons (Fsp3) is 1.00. The van der Waals surface area contributed by atoms with Crippen LogP contribution < -0.4 is 5.32 Å². The van der Waals surface area contributed by atoms with E-state index in [1.54, 1.807) is 0 Å². The Hall–Kier alpha value is -0.220. The molecular weight excluding hydrogens is 162 g/mol. The van der Waals surface area contributed by atoms with Crippen LogP contribution in [0.4, 0.5) is 8.78 Å². The molecule has 2 unspecified atom stereocenters. The van der Waals surface area contributed by atoms with E-state index in [-0.39, 0.29) is 0 Å². The van der Waals surface area contributed by atoms with E-state index in [0.717, 1.165) is 0 Å². The zero-order valence-corrected chi connectivity index (χ0v) is 7.19. The van der Waals surface area contributed by atoms with Crippen molar-refractivity contribution in [2.75, 3.05) is 33.2 Å². The van der Waals surface area contributed by atoms with Crippen LogP contribution in [0.25, 0.3) is 0 Å². The molecule has 0 aromatic heterocycles. The number of nitrogens with zero attached hydrogens (tertiary/aromatic N) is 1. The van der Waals surface area contributed by atoms with Gasteiger partial charge in [-0.1, -0.05) is 0 Å². The summed E-state index contributed by atoms with van der Waals surface area (Å²) in [6.07, 6.45) is 0. The highest BCUT2D eigenvalue weighted by Crippen LogP contribution is 2.39. The Morgan fingerprint density at radius 2 is 1.75 bits per heavy atom. The lowest BCUT2D eigenvalue weighted by Gasteiger charge is -2.46. The third-order valence-electron chi connectivity index (χ3n) is 2.93. The smallest absolute Gasteiger partial charge is 0.258 e.